The molecule has 0 atom stereocenters. The number of nitrogens with two attached hydrogens (primary N) is 1. The maximum Gasteiger partial charge on any atom is 0.338 e. The highest BCUT2D eigenvalue weighted by atomic mass is 79.9. The first-order chi connectivity index (χ1) is 11.0. The van der Waals surface area contributed by atoms with E-state index in [1.165, 1.54) is 25.7 Å². The minimum Gasteiger partial charge on any atom is -0.460 e. The van der Waals surface area contributed by atoms with Gasteiger partial charge in [0.1, 0.15) is 6.61 Å². The number of carbonyl (C=O) groups excluding carboxylic acids is 1. The summed E-state index contributed by atoms with van der Waals surface area (Å²) in [6, 6.07) is 3.43. The first-order valence-corrected chi connectivity index (χ1v) is 8.91. The van der Waals surface area contributed by atoms with Crippen molar-refractivity contribution in [1.82, 2.24) is 5.32 Å². The Labute approximate surface area is 145 Å². The molecule has 1 aliphatic carbocycles. The fourth-order valence-corrected chi connectivity index (χ4v) is 3.65. The summed E-state index contributed by atoms with van der Waals surface area (Å²) in [5, 5.41) is 12.4. The van der Waals surface area contributed by atoms with E-state index in [2.05, 4.69) is 28.2 Å². The van der Waals surface area contributed by atoms with Crippen molar-refractivity contribution in [2.24, 2.45) is 0 Å². The van der Waals surface area contributed by atoms with Crippen LogP contribution in [0.4, 0.5) is 5.69 Å². The highest BCUT2D eigenvalue weighted by molar-refractivity contribution is 9.10. The standard InChI is InChI=1S/C17H25BrN2O3/c1-2-17(5-3-4-6-17)20-11-13-9-12(10-14(18)15(13)19)16(22)23-8-7-21/h9-10,20-21H,2-8,11,19H2,1H3. The minimum atomic E-state index is -0.452. The van der Waals surface area contributed by atoms with Crippen molar-refractivity contribution in [2.45, 2.75) is 51.1 Å². The van der Waals surface area contributed by atoms with Crippen LogP contribution in [0, 0.1) is 0 Å². The number of nitrogen functional groups attached to an aromatic ring is 1. The quantitative estimate of drug-likeness (QED) is 0.496. The summed E-state index contributed by atoms with van der Waals surface area (Å²) < 4.78 is 5.66. The van der Waals surface area contributed by atoms with Gasteiger partial charge in [-0.2, -0.15) is 0 Å². The maximum atomic E-state index is 12.0. The van der Waals surface area contributed by atoms with Gasteiger partial charge in [-0.25, -0.2) is 4.79 Å². The zero-order valence-corrected chi connectivity index (χ0v) is 15.1. The van der Waals surface area contributed by atoms with Gasteiger partial charge in [0.2, 0.25) is 0 Å². The van der Waals surface area contributed by atoms with Crippen molar-refractivity contribution in [1.29, 1.82) is 0 Å². The van der Waals surface area contributed by atoms with E-state index in [4.69, 9.17) is 15.6 Å². The first-order valence-electron chi connectivity index (χ1n) is 8.12. The van der Waals surface area contributed by atoms with E-state index >= 15 is 0 Å². The van der Waals surface area contributed by atoms with E-state index < -0.39 is 5.97 Å². The zero-order valence-electron chi connectivity index (χ0n) is 13.5. The summed E-state index contributed by atoms with van der Waals surface area (Å²) in [5.41, 5.74) is 8.29. The number of halogens is 1. The Morgan fingerprint density at radius 3 is 2.74 bits per heavy atom. The van der Waals surface area contributed by atoms with Gasteiger partial charge in [0.15, 0.2) is 0 Å². The van der Waals surface area contributed by atoms with Gasteiger partial charge in [0.05, 0.1) is 17.9 Å². The van der Waals surface area contributed by atoms with Gasteiger partial charge in [-0.15, -0.1) is 0 Å². The van der Waals surface area contributed by atoms with Gasteiger partial charge in [-0.3, -0.25) is 0 Å². The van der Waals surface area contributed by atoms with Gasteiger partial charge in [0.25, 0.3) is 0 Å². The Bertz CT molecular complexity index is 557. The number of aliphatic hydroxyl groups excluding tert-OH is 1. The first kappa shape index (κ1) is 18.2. The van der Waals surface area contributed by atoms with Gasteiger partial charge in [-0.05, 0) is 52.9 Å². The van der Waals surface area contributed by atoms with E-state index in [0.717, 1.165) is 12.0 Å². The largest absolute Gasteiger partial charge is 0.460 e. The molecule has 1 fully saturated rings. The second-order valence-electron chi connectivity index (χ2n) is 6.08. The van der Waals surface area contributed by atoms with Crippen LogP contribution in [-0.4, -0.2) is 29.8 Å². The molecule has 1 aromatic carbocycles. The highest BCUT2D eigenvalue weighted by Crippen LogP contribution is 2.33. The number of hydrogen-bond donors (Lipinski definition) is 3. The second-order valence-corrected chi connectivity index (χ2v) is 6.94. The van der Waals surface area contributed by atoms with E-state index in [1.54, 1.807) is 12.1 Å². The minimum absolute atomic E-state index is 0.00659. The Morgan fingerprint density at radius 2 is 2.13 bits per heavy atom. The molecule has 0 amide bonds. The fourth-order valence-electron chi connectivity index (χ4n) is 3.15. The van der Waals surface area contributed by atoms with Crippen molar-refractivity contribution in [3.63, 3.8) is 0 Å². The molecule has 1 saturated carbocycles. The summed E-state index contributed by atoms with van der Waals surface area (Å²) in [6.45, 7) is 2.64. The molecular weight excluding hydrogens is 360 g/mol. The van der Waals surface area contributed by atoms with Crippen molar-refractivity contribution < 1.29 is 14.6 Å². The summed E-state index contributed by atoms with van der Waals surface area (Å²) in [7, 11) is 0. The fraction of sp³-hybridized carbons (Fsp3) is 0.588. The SMILES string of the molecule is CCC1(NCc2cc(C(=O)OCCO)cc(Br)c2N)CCCC1. The molecular formula is C17H25BrN2O3. The summed E-state index contributed by atoms with van der Waals surface area (Å²) in [5.74, 6) is -0.452. The van der Waals surface area contributed by atoms with E-state index in [1.807, 2.05) is 0 Å². The number of aliphatic hydroxyl groups is 1. The van der Waals surface area contributed by atoms with Gasteiger partial charge >= 0.3 is 5.97 Å². The number of nitrogens with one attached hydrogen (secondary N) is 1. The van der Waals surface area contributed by atoms with Crippen molar-refractivity contribution in [3.05, 3.63) is 27.7 Å². The molecule has 5 nitrogen and oxygen atoms in total. The van der Waals surface area contributed by atoms with Crippen LogP contribution in [0.15, 0.2) is 16.6 Å². The van der Waals surface area contributed by atoms with Crippen LogP contribution >= 0.6 is 15.9 Å². The molecule has 0 heterocycles. The molecule has 1 aliphatic rings. The molecule has 1 aromatic rings. The number of hydrogen-bond acceptors (Lipinski definition) is 5. The lowest BCUT2D eigenvalue weighted by molar-refractivity contribution is 0.0433. The van der Waals surface area contributed by atoms with Gasteiger partial charge < -0.3 is 20.9 Å². The van der Waals surface area contributed by atoms with Crippen molar-refractivity contribution in [2.75, 3.05) is 18.9 Å². The lowest BCUT2D eigenvalue weighted by Crippen LogP contribution is -2.41. The van der Waals surface area contributed by atoms with Crippen LogP contribution in [0.1, 0.15) is 54.9 Å². The predicted molar refractivity (Wildman–Crippen MR) is 94.3 cm³/mol. The summed E-state index contributed by atoms with van der Waals surface area (Å²) in [4.78, 5) is 12.0. The average molecular weight is 385 g/mol. The van der Waals surface area contributed by atoms with E-state index in [0.29, 0.717) is 22.3 Å². The Kier molecular flexibility index (Phi) is 6.44. The molecule has 128 valence electrons. The number of benzene rings is 1. The Morgan fingerprint density at radius 1 is 1.43 bits per heavy atom. The smallest absolute Gasteiger partial charge is 0.338 e. The summed E-state index contributed by atoms with van der Waals surface area (Å²) in [6.07, 6.45) is 5.97. The molecule has 4 N–H and O–H groups in total. The number of anilines is 1. The van der Waals surface area contributed by atoms with Crippen LogP contribution in [-0.2, 0) is 11.3 Å². The monoisotopic (exact) mass is 384 g/mol. The molecule has 23 heavy (non-hydrogen) atoms. The third kappa shape index (κ3) is 4.46. The number of carbonyl (C=O) groups is 1. The van der Waals surface area contributed by atoms with Crippen LogP contribution in [0.25, 0.3) is 0 Å². The van der Waals surface area contributed by atoms with Crippen LogP contribution in [0.3, 0.4) is 0 Å². The molecule has 6 heteroatoms. The predicted octanol–water partition coefficient (Wildman–Crippen LogP) is 2.99. The Hall–Kier alpha value is -1.11. The van der Waals surface area contributed by atoms with Gasteiger partial charge in [0, 0.05) is 16.6 Å². The maximum absolute atomic E-state index is 12.0. The second kappa shape index (κ2) is 8.13. The van der Waals surface area contributed by atoms with E-state index in [9.17, 15) is 4.79 Å². The normalized spacial score (nSPS) is 16.5. The zero-order chi connectivity index (χ0) is 16.9. The lowest BCUT2D eigenvalue weighted by atomic mass is 9.93. The van der Waals surface area contributed by atoms with E-state index in [-0.39, 0.29) is 18.8 Å². The Balaban J connectivity index is 2.14. The molecule has 0 saturated heterocycles. The molecule has 0 spiro atoms. The molecule has 0 aromatic heterocycles. The number of esters is 1. The topological polar surface area (TPSA) is 84.6 Å². The molecule has 2 rings (SSSR count). The lowest BCUT2D eigenvalue weighted by Gasteiger charge is -2.29. The van der Waals surface area contributed by atoms with Gasteiger partial charge in [-0.1, -0.05) is 19.8 Å². The van der Waals surface area contributed by atoms with Crippen molar-refractivity contribution in [3.8, 4) is 0 Å². The highest BCUT2D eigenvalue weighted by Gasteiger charge is 2.31. The van der Waals surface area contributed by atoms with Crippen LogP contribution in [0.5, 0.6) is 0 Å². The number of ether oxygens (including phenoxy) is 1. The average Bonchev–Trinajstić information content (AvgIpc) is 3.03. The third-order valence-electron chi connectivity index (χ3n) is 4.67. The van der Waals surface area contributed by atoms with Crippen LogP contribution < -0.4 is 11.1 Å². The third-order valence-corrected chi connectivity index (χ3v) is 5.32. The summed E-state index contributed by atoms with van der Waals surface area (Å²) >= 11 is 3.41. The van der Waals surface area contributed by atoms with Crippen molar-refractivity contribution >= 4 is 27.6 Å². The van der Waals surface area contributed by atoms with Crippen LogP contribution in [0.2, 0.25) is 0 Å². The molecule has 0 radical (unpaired) electrons. The molecule has 0 aliphatic heterocycles. The number of rotatable bonds is 7. The molecule has 0 unspecified atom stereocenters. The molecule has 0 bridgehead atoms.